The number of pyridine rings is 1. The number of carbonyl (C=O) groups is 3. The zero-order valence-electron chi connectivity index (χ0n) is 19.3. The van der Waals surface area contributed by atoms with E-state index in [2.05, 4.69) is 4.98 Å². The average Bonchev–Trinajstić information content (AvgIpc) is 3.45. The van der Waals surface area contributed by atoms with Crippen molar-refractivity contribution >= 4 is 29.2 Å². The third-order valence-electron chi connectivity index (χ3n) is 5.93. The van der Waals surface area contributed by atoms with Crippen LogP contribution in [0.25, 0.3) is 11.3 Å². The molecule has 33 heavy (non-hydrogen) atoms. The van der Waals surface area contributed by atoms with Crippen molar-refractivity contribution in [3.05, 3.63) is 35.2 Å². The number of thiophene rings is 1. The Kier molecular flexibility index (Phi) is 7.73. The molecule has 9 heteroatoms. The molecule has 0 unspecified atom stereocenters. The van der Waals surface area contributed by atoms with Crippen LogP contribution in [0.15, 0.2) is 35.2 Å². The fourth-order valence-corrected chi connectivity index (χ4v) is 4.67. The van der Waals surface area contributed by atoms with Gasteiger partial charge in [-0.1, -0.05) is 20.8 Å². The number of carboxylic acid groups (broad SMARTS) is 1. The van der Waals surface area contributed by atoms with Crippen molar-refractivity contribution in [2.24, 2.45) is 17.3 Å². The first-order valence-corrected chi connectivity index (χ1v) is 11.8. The number of hydrogen-bond acceptors (Lipinski definition) is 7. The number of rotatable bonds is 8. The van der Waals surface area contributed by atoms with E-state index in [1.54, 1.807) is 23.6 Å². The van der Waals surface area contributed by atoms with Gasteiger partial charge in [-0.15, -0.1) is 0 Å². The van der Waals surface area contributed by atoms with Gasteiger partial charge < -0.3 is 19.5 Å². The zero-order chi connectivity index (χ0) is 24.2. The third kappa shape index (κ3) is 6.10. The molecule has 3 rings (SSSR count). The highest BCUT2D eigenvalue weighted by atomic mass is 32.1. The van der Waals surface area contributed by atoms with Crippen LogP contribution in [0.1, 0.15) is 33.6 Å². The Morgan fingerprint density at radius 3 is 2.67 bits per heavy atom. The second-order valence-corrected chi connectivity index (χ2v) is 10.1. The van der Waals surface area contributed by atoms with E-state index in [1.807, 2.05) is 43.7 Å². The number of methoxy groups -OCH3 is 1. The largest absolute Gasteiger partial charge is 0.493 e. The number of likely N-dealkylation sites (tertiary alicyclic amines) is 1. The molecular weight excluding hydrogens is 444 g/mol. The average molecular weight is 475 g/mol. The van der Waals surface area contributed by atoms with Gasteiger partial charge in [0.05, 0.1) is 31.7 Å². The maximum absolute atomic E-state index is 13.4. The number of carbonyl (C=O) groups excluding carboxylic acids is 2. The first kappa shape index (κ1) is 24.7. The predicted octanol–water partition coefficient (Wildman–Crippen LogP) is 3.72. The molecule has 1 fully saturated rings. The van der Waals surface area contributed by atoms with Gasteiger partial charge in [0, 0.05) is 35.7 Å². The SMILES string of the molecule is COC(=O)C[C@H](C(=O)N1C[C@H](COc2ccnc(-c3ccsc3)c2)C[C@H]1C(=O)O)C(C)(C)C. The van der Waals surface area contributed by atoms with Gasteiger partial charge in [0.2, 0.25) is 5.91 Å². The normalized spacial score (nSPS) is 19.2. The second kappa shape index (κ2) is 10.3. The molecule has 0 spiro atoms. The first-order chi connectivity index (χ1) is 15.6. The molecule has 0 aliphatic carbocycles. The topological polar surface area (TPSA) is 106 Å². The van der Waals surface area contributed by atoms with Crippen LogP contribution in [-0.2, 0) is 19.1 Å². The van der Waals surface area contributed by atoms with Crippen LogP contribution in [-0.4, -0.2) is 59.1 Å². The van der Waals surface area contributed by atoms with Crippen LogP contribution in [0.2, 0.25) is 0 Å². The van der Waals surface area contributed by atoms with E-state index in [1.165, 1.54) is 12.0 Å². The Balaban J connectivity index is 1.70. The Morgan fingerprint density at radius 2 is 2.06 bits per heavy atom. The number of aromatic nitrogens is 1. The molecule has 1 aliphatic rings. The van der Waals surface area contributed by atoms with E-state index in [0.717, 1.165) is 11.3 Å². The molecule has 1 saturated heterocycles. The Hall–Kier alpha value is -2.94. The highest BCUT2D eigenvalue weighted by Gasteiger charge is 2.45. The van der Waals surface area contributed by atoms with Gasteiger partial charge in [0.15, 0.2) is 0 Å². The Bertz CT molecular complexity index is 985. The number of ether oxygens (including phenoxy) is 2. The summed E-state index contributed by atoms with van der Waals surface area (Å²) in [6, 6.07) is 4.64. The minimum Gasteiger partial charge on any atom is -0.493 e. The van der Waals surface area contributed by atoms with E-state index in [9.17, 15) is 19.5 Å². The lowest BCUT2D eigenvalue weighted by atomic mass is 9.77. The number of carboxylic acids is 1. The summed E-state index contributed by atoms with van der Waals surface area (Å²) in [4.78, 5) is 42.9. The molecule has 2 aromatic rings. The standard InChI is InChI=1S/C24H30N2O6S/c1-24(2,3)18(11-21(27)31-4)22(28)26-12-15(9-20(26)23(29)30)13-32-17-5-7-25-19(10-17)16-6-8-33-14-16/h5-8,10,14-15,18,20H,9,11-13H2,1-4H3,(H,29,30)/t15-,18-,20+/m1/s1. The summed E-state index contributed by atoms with van der Waals surface area (Å²) in [6.07, 6.45) is 1.87. The number of amides is 1. The molecule has 178 valence electrons. The Labute approximate surface area is 197 Å². The van der Waals surface area contributed by atoms with Gasteiger partial charge in [-0.2, -0.15) is 11.3 Å². The van der Waals surface area contributed by atoms with Gasteiger partial charge >= 0.3 is 11.9 Å². The summed E-state index contributed by atoms with van der Waals surface area (Å²) in [5, 5.41) is 13.7. The van der Waals surface area contributed by atoms with E-state index < -0.39 is 29.3 Å². The smallest absolute Gasteiger partial charge is 0.326 e. The van der Waals surface area contributed by atoms with Crippen molar-refractivity contribution < 1.29 is 29.0 Å². The van der Waals surface area contributed by atoms with Crippen molar-refractivity contribution in [1.82, 2.24) is 9.88 Å². The summed E-state index contributed by atoms with van der Waals surface area (Å²) < 4.78 is 10.7. The minimum absolute atomic E-state index is 0.0920. The first-order valence-electron chi connectivity index (χ1n) is 10.8. The van der Waals surface area contributed by atoms with Crippen LogP contribution in [0.3, 0.4) is 0 Å². The lowest BCUT2D eigenvalue weighted by Crippen LogP contribution is -2.47. The lowest BCUT2D eigenvalue weighted by Gasteiger charge is -2.33. The third-order valence-corrected chi connectivity index (χ3v) is 6.62. The molecule has 3 atom stereocenters. The monoisotopic (exact) mass is 474 g/mol. The maximum atomic E-state index is 13.4. The van der Waals surface area contributed by atoms with Crippen LogP contribution in [0.5, 0.6) is 5.75 Å². The Morgan fingerprint density at radius 1 is 1.30 bits per heavy atom. The molecule has 0 bridgehead atoms. The molecule has 0 aromatic carbocycles. The molecule has 0 radical (unpaired) electrons. The summed E-state index contributed by atoms with van der Waals surface area (Å²) in [5.74, 6) is -2.08. The highest BCUT2D eigenvalue weighted by Crippen LogP contribution is 2.35. The van der Waals surface area contributed by atoms with E-state index in [4.69, 9.17) is 9.47 Å². The number of aliphatic carboxylic acids is 1. The molecule has 3 heterocycles. The molecule has 0 saturated carbocycles. The number of nitrogens with zero attached hydrogens (tertiary/aromatic N) is 2. The van der Waals surface area contributed by atoms with Gasteiger partial charge in [-0.25, -0.2) is 4.79 Å². The summed E-state index contributed by atoms with van der Waals surface area (Å²) in [5.41, 5.74) is 1.28. The summed E-state index contributed by atoms with van der Waals surface area (Å²) in [7, 11) is 1.28. The molecule has 1 aliphatic heterocycles. The van der Waals surface area contributed by atoms with Crippen molar-refractivity contribution in [2.45, 2.75) is 39.7 Å². The van der Waals surface area contributed by atoms with Crippen LogP contribution < -0.4 is 4.74 Å². The zero-order valence-corrected chi connectivity index (χ0v) is 20.1. The van der Waals surface area contributed by atoms with Crippen LogP contribution in [0, 0.1) is 17.3 Å². The summed E-state index contributed by atoms with van der Waals surface area (Å²) >= 11 is 1.59. The van der Waals surface area contributed by atoms with Gasteiger partial charge in [0.1, 0.15) is 11.8 Å². The lowest BCUT2D eigenvalue weighted by molar-refractivity contribution is -0.154. The summed E-state index contributed by atoms with van der Waals surface area (Å²) in [6.45, 7) is 6.11. The molecule has 1 N–H and O–H groups in total. The van der Waals surface area contributed by atoms with Crippen LogP contribution >= 0.6 is 11.3 Å². The highest BCUT2D eigenvalue weighted by molar-refractivity contribution is 7.08. The van der Waals surface area contributed by atoms with Gasteiger partial charge in [-0.3, -0.25) is 14.6 Å². The molecular formula is C24H30N2O6S. The van der Waals surface area contributed by atoms with Crippen molar-refractivity contribution in [1.29, 1.82) is 0 Å². The van der Waals surface area contributed by atoms with Crippen molar-refractivity contribution in [2.75, 3.05) is 20.3 Å². The maximum Gasteiger partial charge on any atom is 0.326 e. The number of esters is 1. The fourth-order valence-electron chi connectivity index (χ4n) is 4.02. The predicted molar refractivity (Wildman–Crippen MR) is 124 cm³/mol. The second-order valence-electron chi connectivity index (χ2n) is 9.35. The quantitative estimate of drug-likeness (QED) is 0.581. The van der Waals surface area contributed by atoms with E-state index in [-0.39, 0.29) is 31.4 Å². The van der Waals surface area contributed by atoms with E-state index >= 15 is 0 Å². The molecule has 2 aromatic heterocycles. The van der Waals surface area contributed by atoms with Gasteiger partial charge in [-0.05, 0) is 29.3 Å². The van der Waals surface area contributed by atoms with Crippen LogP contribution in [0.4, 0.5) is 0 Å². The number of hydrogen-bond donors (Lipinski definition) is 1. The van der Waals surface area contributed by atoms with E-state index in [0.29, 0.717) is 12.2 Å². The van der Waals surface area contributed by atoms with Crippen molar-refractivity contribution in [3.8, 4) is 17.0 Å². The molecule has 8 nitrogen and oxygen atoms in total. The van der Waals surface area contributed by atoms with Gasteiger partial charge in [0.25, 0.3) is 0 Å². The fraction of sp³-hybridized carbons (Fsp3) is 0.500. The van der Waals surface area contributed by atoms with Crippen molar-refractivity contribution in [3.63, 3.8) is 0 Å². The molecule has 1 amide bonds. The minimum atomic E-state index is -1.06.